The molecule has 21 heavy (non-hydrogen) atoms. The molecular formula is C14H19Br2NO2S2. The lowest BCUT2D eigenvalue weighted by Gasteiger charge is -2.35. The molecule has 7 heteroatoms. The minimum Gasteiger partial charge on any atom is -0.210 e. The van der Waals surface area contributed by atoms with Gasteiger partial charge in [0, 0.05) is 20.2 Å². The highest BCUT2D eigenvalue weighted by Crippen LogP contribution is 2.38. The van der Waals surface area contributed by atoms with E-state index in [1.165, 1.54) is 19.3 Å². The van der Waals surface area contributed by atoms with Crippen molar-refractivity contribution in [1.29, 1.82) is 0 Å². The van der Waals surface area contributed by atoms with Crippen molar-refractivity contribution in [3.63, 3.8) is 0 Å². The van der Waals surface area contributed by atoms with E-state index >= 15 is 0 Å². The van der Waals surface area contributed by atoms with E-state index in [9.17, 15) is 8.42 Å². The lowest BCUT2D eigenvalue weighted by molar-refractivity contribution is 0.395. The zero-order valence-electron chi connectivity index (χ0n) is 11.9. The molecule has 1 fully saturated rings. The summed E-state index contributed by atoms with van der Waals surface area (Å²) >= 11 is 8.43. The summed E-state index contributed by atoms with van der Waals surface area (Å²) in [6.07, 6.45) is 7.86. The van der Waals surface area contributed by atoms with Gasteiger partial charge in [-0.05, 0) is 53.2 Å². The Balaban J connectivity index is 2.15. The van der Waals surface area contributed by atoms with Gasteiger partial charge in [-0.3, -0.25) is 0 Å². The molecule has 0 radical (unpaired) electrons. The molecule has 1 aliphatic carbocycles. The van der Waals surface area contributed by atoms with Crippen LogP contribution in [0.15, 0.2) is 32.0 Å². The highest BCUT2D eigenvalue weighted by Gasteiger charge is 2.33. The maximum atomic E-state index is 12.5. The first-order chi connectivity index (χ1) is 9.88. The van der Waals surface area contributed by atoms with Crippen LogP contribution in [0.1, 0.15) is 32.1 Å². The lowest BCUT2D eigenvalue weighted by atomic mass is 9.88. The minimum atomic E-state index is -3.50. The van der Waals surface area contributed by atoms with Crippen LogP contribution in [0, 0.1) is 0 Å². The van der Waals surface area contributed by atoms with Crippen LogP contribution >= 0.6 is 43.6 Å². The normalized spacial score (nSPS) is 18.6. The first-order valence-corrected chi connectivity index (χ1v) is 11.2. The number of hydrogen-bond donors (Lipinski definition) is 1. The summed E-state index contributed by atoms with van der Waals surface area (Å²) in [6, 6.07) is 5.18. The maximum absolute atomic E-state index is 12.5. The summed E-state index contributed by atoms with van der Waals surface area (Å²) < 4.78 is 29.3. The smallest absolute Gasteiger partial charge is 0.210 e. The predicted octanol–water partition coefficient (Wildman–Crippen LogP) is 4.56. The van der Waals surface area contributed by atoms with Crippen molar-refractivity contribution in [2.24, 2.45) is 0 Å². The number of nitrogens with one attached hydrogen (secondary N) is 1. The minimum absolute atomic E-state index is 0.0454. The highest BCUT2D eigenvalue weighted by molar-refractivity contribution is 9.11. The van der Waals surface area contributed by atoms with E-state index in [0.29, 0.717) is 11.0 Å². The Kier molecular flexibility index (Phi) is 6.22. The van der Waals surface area contributed by atoms with Gasteiger partial charge >= 0.3 is 0 Å². The average Bonchev–Trinajstić information content (AvgIpc) is 2.49. The summed E-state index contributed by atoms with van der Waals surface area (Å²) in [5, 5.41) is 0. The van der Waals surface area contributed by atoms with E-state index in [4.69, 9.17) is 0 Å². The largest absolute Gasteiger partial charge is 0.241 e. The molecule has 3 nitrogen and oxygen atoms in total. The molecule has 1 aromatic rings. The predicted molar refractivity (Wildman–Crippen MR) is 96.4 cm³/mol. The standard InChI is InChI=1S/C14H19Br2NO2S2/c1-20-14(7-3-2-4-8-14)10-17-21(18,19)13-9-11(15)5-6-12(13)16/h5-6,9,17H,2-4,7-8,10H2,1H3. The second kappa shape index (κ2) is 7.34. The van der Waals surface area contributed by atoms with E-state index in [2.05, 4.69) is 42.8 Å². The number of rotatable bonds is 5. The van der Waals surface area contributed by atoms with E-state index in [0.717, 1.165) is 17.3 Å². The summed E-state index contributed by atoms with van der Waals surface area (Å²) in [6.45, 7) is 0.495. The van der Waals surface area contributed by atoms with Crippen molar-refractivity contribution < 1.29 is 8.42 Å². The van der Waals surface area contributed by atoms with Gasteiger partial charge in [0.15, 0.2) is 0 Å². The van der Waals surface area contributed by atoms with Crippen LogP contribution in [-0.2, 0) is 10.0 Å². The highest BCUT2D eigenvalue weighted by atomic mass is 79.9. The Hall–Kier alpha value is 0.440. The van der Waals surface area contributed by atoms with Gasteiger partial charge in [-0.1, -0.05) is 35.2 Å². The second-order valence-corrected chi connectivity index (χ2v) is 10.1. The van der Waals surface area contributed by atoms with Gasteiger partial charge in [0.25, 0.3) is 0 Å². The van der Waals surface area contributed by atoms with Crippen LogP contribution in [0.3, 0.4) is 0 Å². The molecule has 0 bridgehead atoms. The fourth-order valence-electron chi connectivity index (χ4n) is 2.64. The van der Waals surface area contributed by atoms with Gasteiger partial charge in [0.2, 0.25) is 10.0 Å². The van der Waals surface area contributed by atoms with E-state index in [1.807, 2.05) is 6.07 Å². The van der Waals surface area contributed by atoms with Crippen molar-refractivity contribution in [3.8, 4) is 0 Å². The van der Waals surface area contributed by atoms with Gasteiger partial charge in [0.05, 0.1) is 4.90 Å². The topological polar surface area (TPSA) is 46.2 Å². The van der Waals surface area contributed by atoms with Crippen molar-refractivity contribution in [1.82, 2.24) is 4.72 Å². The third-order valence-corrected chi connectivity index (χ3v) is 8.27. The van der Waals surface area contributed by atoms with E-state index in [-0.39, 0.29) is 9.64 Å². The van der Waals surface area contributed by atoms with Crippen LogP contribution in [-0.4, -0.2) is 26.0 Å². The average molecular weight is 457 g/mol. The molecule has 0 amide bonds. The molecule has 2 rings (SSSR count). The Labute approximate surface area is 148 Å². The molecule has 1 saturated carbocycles. The molecule has 0 aliphatic heterocycles. The number of hydrogen-bond acceptors (Lipinski definition) is 3. The molecule has 0 heterocycles. The molecular weight excluding hydrogens is 438 g/mol. The molecule has 0 atom stereocenters. The molecule has 118 valence electrons. The first-order valence-electron chi connectivity index (χ1n) is 6.88. The van der Waals surface area contributed by atoms with Gasteiger partial charge in [-0.2, -0.15) is 11.8 Å². The van der Waals surface area contributed by atoms with Crippen molar-refractivity contribution in [3.05, 3.63) is 27.1 Å². The van der Waals surface area contributed by atoms with Crippen LogP contribution in [0.2, 0.25) is 0 Å². The zero-order valence-corrected chi connectivity index (χ0v) is 16.7. The van der Waals surface area contributed by atoms with Gasteiger partial charge in [-0.15, -0.1) is 0 Å². The number of sulfonamides is 1. The monoisotopic (exact) mass is 455 g/mol. The maximum Gasteiger partial charge on any atom is 0.241 e. The van der Waals surface area contributed by atoms with Gasteiger partial charge in [0.1, 0.15) is 0 Å². The van der Waals surface area contributed by atoms with Crippen LogP contribution in [0.25, 0.3) is 0 Å². The molecule has 0 spiro atoms. The van der Waals surface area contributed by atoms with Crippen LogP contribution < -0.4 is 4.72 Å². The third-order valence-electron chi connectivity index (χ3n) is 3.96. The number of halogens is 2. The quantitative estimate of drug-likeness (QED) is 0.706. The van der Waals surface area contributed by atoms with E-state index in [1.54, 1.807) is 23.9 Å². The van der Waals surface area contributed by atoms with Gasteiger partial charge < -0.3 is 0 Å². The third kappa shape index (κ3) is 4.47. The van der Waals surface area contributed by atoms with Crippen molar-refractivity contribution >= 4 is 53.6 Å². The lowest BCUT2D eigenvalue weighted by Crippen LogP contribution is -2.41. The molecule has 0 saturated heterocycles. The van der Waals surface area contributed by atoms with Gasteiger partial charge in [-0.25, -0.2) is 13.1 Å². The SMILES string of the molecule is CSC1(CNS(=O)(=O)c2cc(Br)ccc2Br)CCCCC1. The Morgan fingerprint density at radius 1 is 1.24 bits per heavy atom. The fourth-order valence-corrected chi connectivity index (χ4v) is 6.27. The van der Waals surface area contributed by atoms with Crippen LogP contribution in [0.4, 0.5) is 0 Å². The summed E-state index contributed by atoms with van der Waals surface area (Å²) in [5.74, 6) is 0. The molecule has 1 N–H and O–H groups in total. The Morgan fingerprint density at radius 3 is 2.52 bits per heavy atom. The molecule has 0 unspecified atom stereocenters. The molecule has 1 aromatic carbocycles. The van der Waals surface area contributed by atoms with Crippen molar-refractivity contribution in [2.45, 2.75) is 41.7 Å². The zero-order chi connectivity index (χ0) is 15.5. The first kappa shape index (κ1) is 17.8. The van der Waals surface area contributed by atoms with Crippen LogP contribution in [0.5, 0.6) is 0 Å². The number of benzene rings is 1. The molecule has 0 aromatic heterocycles. The summed E-state index contributed by atoms with van der Waals surface area (Å²) in [4.78, 5) is 0.281. The summed E-state index contributed by atoms with van der Waals surface area (Å²) in [7, 11) is -3.50. The van der Waals surface area contributed by atoms with Crippen molar-refractivity contribution in [2.75, 3.05) is 12.8 Å². The fraction of sp³-hybridized carbons (Fsp3) is 0.571. The Bertz CT molecular complexity index is 599. The van der Waals surface area contributed by atoms with E-state index < -0.39 is 10.0 Å². The number of thioether (sulfide) groups is 1. The summed E-state index contributed by atoms with van der Waals surface area (Å²) in [5.41, 5.74) is 0. The second-order valence-electron chi connectivity index (χ2n) is 5.35. The Morgan fingerprint density at radius 2 is 1.90 bits per heavy atom. The molecule has 1 aliphatic rings.